The Morgan fingerprint density at radius 1 is 1.18 bits per heavy atom. The molecule has 0 N–H and O–H groups in total. The molecule has 0 unspecified atom stereocenters. The Morgan fingerprint density at radius 2 is 1.73 bits per heavy atom. The SMILES string of the molecule is N#CC(C#N)=C[C]1[CH][CH][CH][CH]1. The Hall–Kier alpha value is -1.28. The van der Waals surface area contributed by atoms with Crippen LogP contribution in [-0.4, -0.2) is 0 Å². The second-order valence-corrected chi connectivity index (χ2v) is 2.00. The molecule has 5 radical (unpaired) electrons. The molecule has 2 nitrogen and oxygen atoms in total. The standard InChI is InChI=1S/C9H5N2/c10-6-9(7-11)5-8-3-1-2-4-8/h1-5H. The van der Waals surface area contributed by atoms with E-state index in [1.54, 1.807) is 18.2 Å². The van der Waals surface area contributed by atoms with Crippen LogP contribution in [0.4, 0.5) is 0 Å². The summed E-state index contributed by atoms with van der Waals surface area (Å²) in [5.74, 6) is 0.892. The van der Waals surface area contributed by atoms with E-state index in [1.807, 2.05) is 25.7 Å². The van der Waals surface area contributed by atoms with Crippen molar-refractivity contribution in [2.24, 2.45) is 0 Å². The zero-order chi connectivity index (χ0) is 8.10. The minimum atomic E-state index is 0.135. The van der Waals surface area contributed by atoms with Gasteiger partial charge in [-0.1, -0.05) is 0 Å². The van der Waals surface area contributed by atoms with Gasteiger partial charge >= 0.3 is 0 Å². The van der Waals surface area contributed by atoms with Gasteiger partial charge in [0, 0.05) is 5.92 Å². The Kier molecular flexibility index (Phi) is 2.69. The smallest absolute Gasteiger partial charge is 0.126 e. The average molecular weight is 141 g/mol. The minimum Gasteiger partial charge on any atom is -0.192 e. The number of nitriles is 2. The molecule has 51 valence electrons. The maximum atomic E-state index is 8.38. The van der Waals surface area contributed by atoms with E-state index in [9.17, 15) is 0 Å². The van der Waals surface area contributed by atoms with Gasteiger partial charge in [0.25, 0.3) is 0 Å². The van der Waals surface area contributed by atoms with E-state index >= 15 is 0 Å². The first-order valence-electron chi connectivity index (χ1n) is 3.10. The van der Waals surface area contributed by atoms with Crippen LogP contribution in [0.1, 0.15) is 0 Å². The molecule has 1 aliphatic rings. The van der Waals surface area contributed by atoms with Crippen molar-refractivity contribution in [2.45, 2.75) is 0 Å². The molecule has 0 spiro atoms. The third-order valence-electron chi connectivity index (χ3n) is 1.24. The van der Waals surface area contributed by atoms with Crippen molar-refractivity contribution in [1.29, 1.82) is 10.5 Å². The van der Waals surface area contributed by atoms with Crippen LogP contribution < -0.4 is 0 Å². The monoisotopic (exact) mass is 141 g/mol. The van der Waals surface area contributed by atoms with E-state index in [4.69, 9.17) is 10.5 Å². The van der Waals surface area contributed by atoms with Gasteiger partial charge in [-0.25, -0.2) is 0 Å². The second kappa shape index (κ2) is 3.78. The van der Waals surface area contributed by atoms with Crippen molar-refractivity contribution < 1.29 is 0 Å². The van der Waals surface area contributed by atoms with Crippen molar-refractivity contribution in [3.8, 4) is 12.1 Å². The average Bonchev–Trinajstić information content (AvgIpc) is 2.52. The first-order chi connectivity index (χ1) is 5.36. The lowest BCUT2D eigenvalue weighted by Gasteiger charge is -1.96. The van der Waals surface area contributed by atoms with Crippen molar-refractivity contribution >= 4 is 0 Å². The lowest BCUT2D eigenvalue weighted by atomic mass is 10.1. The summed E-state index contributed by atoms with van der Waals surface area (Å²) in [6.07, 6.45) is 8.96. The molecule has 0 amide bonds. The van der Waals surface area contributed by atoms with Gasteiger partial charge in [0.1, 0.15) is 17.7 Å². The van der Waals surface area contributed by atoms with Crippen LogP contribution in [-0.2, 0) is 0 Å². The highest BCUT2D eigenvalue weighted by Gasteiger charge is 2.14. The van der Waals surface area contributed by atoms with Crippen LogP contribution in [0, 0.1) is 54.3 Å². The Morgan fingerprint density at radius 3 is 2.18 bits per heavy atom. The highest BCUT2D eigenvalue weighted by molar-refractivity contribution is 5.49. The van der Waals surface area contributed by atoms with Crippen LogP contribution in [0.25, 0.3) is 0 Å². The topological polar surface area (TPSA) is 47.6 Å². The molecular weight excluding hydrogens is 136 g/mol. The molecule has 1 rings (SSSR count). The van der Waals surface area contributed by atoms with Crippen molar-refractivity contribution in [3.05, 3.63) is 43.3 Å². The van der Waals surface area contributed by atoms with Gasteiger partial charge in [0.2, 0.25) is 0 Å². The zero-order valence-electron chi connectivity index (χ0n) is 5.78. The highest BCUT2D eigenvalue weighted by atomic mass is 14.3. The van der Waals surface area contributed by atoms with Crippen molar-refractivity contribution in [1.82, 2.24) is 0 Å². The Balaban J connectivity index is 2.57. The van der Waals surface area contributed by atoms with Crippen LogP contribution in [0.3, 0.4) is 0 Å². The number of hydrogen-bond donors (Lipinski definition) is 0. The summed E-state index contributed by atoms with van der Waals surface area (Å²) in [5.41, 5.74) is 0.135. The van der Waals surface area contributed by atoms with E-state index in [2.05, 4.69) is 0 Å². The van der Waals surface area contributed by atoms with E-state index < -0.39 is 0 Å². The fraction of sp³-hybridized carbons (Fsp3) is 0. The molecule has 1 fully saturated rings. The van der Waals surface area contributed by atoms with Gasteiger partial charge in [-0.15, -0.1) is 0 Å². The summed E-state index contributed by atoms with van der Waals surface area (Å²) in [5, 5.41) is 16.8. The zero-order valence-corrected chi connectivity index (χ0v) is 5.78. The van der Waals surface area contributed by atoms with Crippen LogP contribution in [0.2, 0.25) is 0 Å². The van der Waals surface area contributed by atoms with E-state index in [0.29, 0.717) is 0 Å². The van der Waals surface area contributed by atoms with Crippen LogP contribution in [0.5, 0.6) is 0 Å². The Labute approximate surface area is 66.7 Å². The van der Waals surface area contributed by atoms with Gasteiger partial charge in [-0.2, -0.15) is 10.5 Å². The van der Waals surface area contributed by atoms with Gasteiger partial charge < -0.3 is 0 Å². The van der Waals surface area contributed by atoms with Crippen molar-refractivity contribution in [3.63, 3.8) is 0 Å². The molecule has 11 heavy (non-hydrogen) atoms. The summed E-state index contributed by atoms with van der Waals surface area (Å²) in [6.45, 7) is 0. The third kappa shape index (κ3) is 2.09. The summed E-state index contributed by atoms with van der Waals surface area (Å²) >= 11 is 0. The maximum absolute atomic E-state index is 8.38. The number of rotatable bonds is 1. The molecular formula is C9H5N2. The first kappa shape index (κ1) is 7.82. The summed E-state index contributed by atoms with van der Waals surface area (Å²) in [6, 6.07) is 3.58. The normalized spacial score (nSPS) is 16.9. The molecule has 1 aliphatic carbocycles. The predicted molar refractivity (Wildman–Crippen MR) is 39.8 cm³/mol. The number of nitrogens with zero attached hydrogens (tertiary/aromatic N) is 2. The molecule has 0 aromatic rings. The Bertz CT molecular complexity index is 217. The molecule has 0 aromatic carbocycles. The lowest BCUT2D eigenvalue weighted by molar-refractivity contribution is 1.35. The highest BCUT2D eigenvalue weighted by Crippen LogP contribution is 2.24. The van der Waals surface area contributed by atoms with Crippen molar-refractivity contribution in [2.75, 3.05) is 0 Å². The fourth-order valence-electron chi connectivity index (χ4n) is 0.741. The summed E-state index contributed by atoms with van der Waals surface area (Å²) in [4.78, 5) is 0. The van der Waals surface area contributed by atoms with Gasteiger partial charge in [0.15, 0.2) is 0 Å². The largest absolute Gasteiger partial charge is 0.192 e. The minimum absolute atomic E-state index is 0.135. The predicted octanol–water partition coefficient (Wildman–Crippen LogP) is 1.37. The molecule has 0 heterocycles. The molecule has 2 heteroatoms. The van der Waals surface area contributed by atoms with Gasteiger partial charge in [-0.05, 0) is 31.8 Å². The van der Waals surface area contributed by atoms with E-state index in [-0.39, 0.29) is 5.57 Å². The number of hydrogen-bond acceptors (Lipinski definition) is 2. The quantitative estimate of drug-likeness (QED) is 0.517. The summed E-state index contributed by atoms with van der Waals surface area (Å²) < 4.78 is 0. The molecule has 0 saturated heterocycles. The van der Waals surface area contributed by atoms with Gasteiger partial charge in [-0.3, -0.25) is 0 Å². The first-order valence-corrected chi connectivity index (χ1v) is 3.10. The third-order valence-corrected chi connectivity index (χ3v) is 1.24. The number of allylic oxidation sites excluding steroid dienone is 2. The second-order valence-electron chi connectivity index (χ2n) is 2.00. The summed E-state index contributed by atoms with van der Waals surface area (Å²) in [7, 11) is 0. The molecule has 0 bridgehead atoms. The molecule has 1 saturated carbocycles. The lowest BCUT2D eigenvalue weighted by Crippen LogP contribution is -1.86. The molecule has 0 atom stereocenters. The van der Waals surface area contributed by atoms with Crippen LogP contribution in [0.15, 0.2) is 11.6 Å². The van der Waals surface area contributed by atoms with E-state index in [0.717, 1.165) is 5.92 Å². The molecule has 0 aromatic heterocycles. The molecule has 0 aliphatic heterocycles. The van der Waals surface area contributed by atoms with Gasteiger partial charge in [0.05, 0.1) is 0 Å². The fourth-order valence-corrected chi connectivity index (χ4v) is 0.741. The van der Waals surface area contributed by atoms with E-state index in [1.165, 1.54) is 0 Å². The van der Waals surface area contributed by atoms with Crippen LogP contribution >= 0.6 is 0 Å². The maximum Gasteiger partial charge on any atom is 0.126 e.